The Morgan fingerprint density at radius 1 is 1.07 bits per heavy atom. The molecule has 0 aromatic heterocycles. The normalized spacial score (nSPS) is 27.6. The van der Waals surface area contributed by atoms with Crippen molar-refractivity contribution in [3.63, 3.8) is 0 Å². The molecule has 1 aliphatic carbocycles. The average molecular weight is 379 g/mol. The molecule has 1 saturated carbocycles. The number of aliphatic carboxylic acids is 1. The topological polar surface area (TPSA) is 98.0 Å². The van der Waals surface area contributed by atoms with Gasteiger partial charge in [0.1, 0.15) is 0 Å². The predicted molar refractivity (Wildman–Crippen MR) is 107 cm³/mol. The van der Waals surface area contributed by atoms with Gasteiger partial charge >= 0.3 is 5.97 Å². The fourth-order valence-electron chi connectivity index (χ4n) is 3.29. The van der Waals surface area contributed by atoms with Gasteiger partial charge in [0.25, 0.3) is 0 Å². The van der Waals surface area contributed by atoms with E-state index in [-0.39, 0.29) is 18.3 Å². The van der Waals surface area contributed by atoms with Crippen LogP contribution in [0.3, 0.4) is 0 Å². The summed E-state index contributed by atoms with van der Waals surface area (Å²) in [6, 6.07) is 0. The molecule has 4 N–H and O–H groups in total. The number of carboxylic acid groups (broad SMARTS) is 1. The third-order valence-electron chi connectivity index (χ3n) is 4.79. The number of aliphatic hydroxyl groups excluding tert-OH is 3. The van der Waals surface area contributed by atoms with Crippen molar-refractivity contribution in [3.05, 3.63) is 48.6 Å². The summed E-state index contributed by atoms with van der Waals surface area (Å²) in [5, 5.41) is 39.0. The Bertz CT molecular complexity index is 535. The maximum atomic E-state index is 10.4. The van der Waals surface area contributed by atoms with Crippen molar-refractivity contribution in [1.82, 2.24) is 0 Å². The highest BCUT2D eigenvalue weighted by Gasteiger charge is 2.39. The standard InChI is InChI=1S/C22H34O5/c1-2-3-8-11-17(23)14-15-19-18(20(24)16-21(19)25)12-9-6-4-5-7-10-13-22(26)27/h3,5-9,14-15,17-21,23-25H,2,4,10-13,16H2,1H3,(H,26,27)/b7-5-,8-3-,9-6-,15-14+/t17-,18+,19+,20+,21-/m0/s1. The molecular formula is C22H34O5. The molecule has 5 heteroatoms. The number of carboxylic acids is 1. The summed E-state index contributed by atoms with van der Waals surface area (Å²) in [5.41, 5.74) is 0. The molecule has 0 amide bonds. The second-order valence-corrected chi connectivity index (χ2v) is 7.03. The molecular weight excluding hydrogens is 344 g/mol. The lowest BCUT2D eigenvalue weighted by Crippen LogP contribution is -2.20. The van der Waals surface area contributed by atoms with Crippen molar-refractivity contribution in [1.29, 1.82) is 0 Å². The smallest absolute Gasteiger partial charge is 0.303 e. The van der Waals surface area contributed by atoms with E-state index in [4.69, 9.17) is 5.11 Å². The average Bonchev–Trinajstić information content (AvgIpc) is 2.88. The van der Waals surface area contributed by atoms with Crippen LogP contribution in [0.2, 0.25) is 0 Å². The van der Waals surface area contributed by atoms with Crippen molar-refractivity contribution >= 4 is 5.97 Å². The van der Waals surface area contributed by atoms with E-state index in [0.717, 1.165) is 6.42 Å². The lowest BCUT2D eigenvalue weighted by molar-refractivity contribution is -0.136. The van der Waals surface area contributed by atoms with Crippen molar-refractivity contribution < 1.29 is 25.2 Å². The highest BCUT2D eigenvalue weighted by atomic mass is 16.4. The Hall–Kier alpha value is -1.69. The van der Waals surface area contributed by atoms with Gasteiger partial charge in [-0.3, -0.25) is 4.79 Å². The summed E-state index contributed by atoms with van der Waals surface area (Å²) in [5.74, 6) is -1.03. The minimum atomic E-state index is -0.797. The van der Waals surface area contributed by atoms with Gasteiger partial charge in [0.15, 0.2) is 0 Å². The number of aliphatic hydroxyl groups is 3. The quantitative estimate of drug-likeness (QED) is 0.390. The second-order valence-electron chi connectivity index (χ2n) is 7.03. The molecule has 0 spiro atoms. The predicted octanol–water partition coefficient (Wildman–Crippen LogP) is 3.38. The van der Waals surface area contributed by atoms with Crippen molar-refractivity contribution in [2.45, 2.75) is 70.2 Å². The molecule has 0 bridgehead atoms. The van der Waals surface area contributed by atoms with Gasteiger partial charge in [0, 0.05) is 18.8 Å². The Kier molecular flexibility index (Phi) is 11.7. The van der Waals surface area contributed by atoms with Crippen LogP contribution < -0.4 is 0 Å². The maximum Gasteiger partial charge on any atom is 0.303 e. The molecule has 152 valence electrons. The van der Waals surface area contributed by atoms with Crippen LogP contribution >= 0.6 is 0 Å². The highest BCUT2D eigenvalue weighted by Crippen LogP contribution is 2.36. The van der Waals surface area contributed by atoms with Gasteiger partial charge in [-0.15, -0.1) is 0 Å². The van der Waals surface area contributed by atoms with Gasteiger partial charge in [0.2, 0.25) is 0 Å². The van der Waals surface area contributed by atoms with E-state index in [2.05, 4.69) is 0 Å². The summed E-state index contributed by atoms with van der Waals surface area (Å²) >= 11 is 0. The number of allylic oxidation sites excluding steroid dienone is 5. The number of hydrogen-bond donors (Lipinski definition) is 4. The molecule has 0 saturated heterocycles. The molecule has 0 aromatic carbocycles. The third-order valence-corrected chi connectivity index (χ3v) is 4.79. The van der Waals surface area contributed by atoms with Crippen LogP contribution in [0.4, 0.5) is 0 Å². The summed E-state index contributed by atoms with van der Waals surface area (Å²) in [6.45, 7) is 2.04. The second kappa shape index (κ2) is 13.5. The largest absolute Gasteiger partial charge is 0.481 e. The maximum absolute atomic E-state index is 10.4. The van der Waals surface area contributed by atoms with Gasteiger partial charge in [-0.25, -0.2) is 0 Å². The molecule has 5 nitrogen and oxygen atoms in total. The van der Waals surface area contributed by atoms with E-state index in [9.17, 15) is 20.1 Å². The number of rotatable bonds is 12. The van der Waals surface area contributed by atoms with Crippen molar-refractivity contribution in [2.75, 3.05) is 0 Å². The molecule has 1 aliphatic rings. The molecule has 0 radical (unpaired) electrons. The van der Waals surface area contributed by atoms with E-state index in [1.807, 2.05) is 49.5 Å². The molecule has 0 heterocycles. The van der Waals surface area contributed by atoms with E-state index < -0.39 is 24.3 Å². The van der Waals surface area contributed by atoms with E-state index in [0.29, 0.717) is 32.1 Å². The fraction of sp³-hybridized carbons (Fsp3) is 0.591. The van der Waals surface area contributed by atoms with Crippen LogP contribution in [-0.4, -0.2) is 44.7 Å². The zero-order chi connectivity index (χ0) is 20.1. The molecule has 0 unspecified atom stereocenters. The summed E-state index contributed by atoms with van der Waals surface area (Å²) < 4.78 is 0. The van der Waals surface area contributed by atoms with Crippen LogP contribution in [0.15, 0.2) is 48.6 Å². The summed E-state index contributed by atoms with van der Waals surface area (Å²) in [4.78, 5) is 10.4. The van der Waals surface area contributed by atoms with Crippen LogP contribution in [0.1, 0.15) is 51.9 Å². The lowest BCUT2D eigenvalue weighted by atomic mass is 9.89. The third kappa shape index (κ3) is 9.70. The summed E-state index contributed by atoms with van der Waals surface area (Å²) in [6.07, 6.45) is 17.4. The zero-order valence-corrected chi connectivity index (χ0v) is 16.2. The van der Waals surface area contributed by atoms with Crippen molar-refractivity contribution in [2.24, 2.45) is 11.8 Å². The molecule has 1 rings (SSSR count). The monoisotopic (exact) mass is 378 g/mol. The van der Waals surface area contributed by atoms with Gasteiger partial charge in [-0.05, 0) is 38.0 Å². The van der Waals surface area contributed by atoms with Crippen LogP contribution in [0.5, 0.6) is 0 Å². The molecule has 27 heavy (non-hydrogen) atoms. The molecule has 0 aliphatic heterocycles. The van der Waals surface area contributed by atoms with Gasteiger partial charge in [-0.1, -0.05) is 55.5 Å². The SMILES string of the molecule is CC/C=C\C[C@H](O)/C=C/[C@@H]1[C@@H](C/C=C\C/C=C\CCC(=O)O)[C@H](O)C[C@@H]1O. The van der Waals surface area contributed by atoms with E-state index >= 15 is 0 Å². The van der Waals surface area contributed by atoms with Gasteiger partial charge in [-0.2, -0.15) is 0 Å². The minimum Gasteiger partial charge on any atom is -0.481 e. The van der Waals surface area contributed by atoms with Crippen LogP contribution in [0, 0.1) is 11.8 Å². The first kappa shape index (κ1) is 23.3. The minimum absolute atomic E-state index is 0.0677. The zero-order valence-electron chi connectivity index (χ0n) is 16.2. The van der Waals surface area contributed by atoms with Crippen LogP contribution in [-0.2, 0) is 4.79 Å². The van der Waals surface area contributed by atoms with E-state index in [1.165, 1.54) is 0 Å². The van der Waals surface area contributed by atoms with E-state index in [1.54, 1.807) is 6.08 Å². The molecule has 0 aromatic rings. The van der Waals surface area contributed by atoms with Crippen LogP contribution in [0.25, 0.3) is 0 Å². The Morgan fingerprint density at radius 2 is 1.81 bits per heavy atom. The Morgan fingerprint density at radius 3 is 2.52 bits per heavy atom. The van der Waals surface area contributed by atoms with Gasteiger partial charge < -0.3 is 20.4 Å². The molecule has 5 atom stereocenters. The molecule has 1 fully saturated rings. The lowest BCUT2D eigenvalue weighted by Gasteiger charge is -2.19. The number of carbonyl (C=O) groups is 1. The first-order valence-electron chi connectivity index (χ1n) is 9.85. The first-order chi connectivity index (χ1) is 13.0. The fourth-order valence-corrected chi connectivity index (χ4v) is 3.29. The summed E-state index contributed by atoms with van der Waals surface area (Å²) in [7, 11) is 0. The van der Waals surface area contributed by atoms with Gasteiger partial charge in [0.05, 0.1) is 18.3 Å². The Balaban J connectivity index is 2.47. The first-order valence-corrected chi connectivity index (χ1v) is 9.85. The highest BCUT2D eigenvalue weighted by molar-refractivity contribution is 5.66. The van der Waals surface area contributed by atoms with Crippen molar-refractivity contribution in [3.8, 4) is 0 Å². The number of hydrogen-bond acceptors (Lipinski definition) is 4. The Labute approximate surface area is 162 Å².